The van der Waals surface area contributed by atoms with Gasteiger partial charge in [0, 0.05) is 37.2 Å². The Balaban J connectivity index is 1.78. The molecule has 6 nitrogen and oxygen atoms in total. The second-order valence-electron chi connectivity index (χ2n) is 7.29. The number of aryl methyl sites for hydroxylation is 1. The number of halogens is 1. The molecule has 0 atom stereocenters. The van der Waals surface area contributed by atoms with E-state index in [1.54, 1.807) is 10.8 Å². The maximum absolute atomic E-state index is 11.9. The Morgan fingerprint density at radius 1 is 1.35 bits per heavy atom. The third-order valence-corrected chi connectivity index (χ3v) is 4.82. The number of hydrogen-bond donors (Lipinski definition) is 2. The molecule has 1 fully saturated rings. The van der Waals surface area contributed by atoms with Crippen LogP contribution in [-0.2, 0) is 16.1 Å². The summed E-state index contributed by atoms with van der Waals surface area (Å²) in [6, 6.07) is 0.311. The van der Waals surface area contributed by atoms with E-state index >= 15 is 0 Å². The van der Waals surface area contributed by atoms with Crippen LogP contribution in [0.3, 0.4) is 0 Å². The van der Waals surface area contributed by atoms with Gasteiger partial charge in [0.25, 0.3) is 0 Å². The fourth-order valence-electron chi connectivity index (χ4n) is 3.11. The molecule has 1 aromatic heterocycles. The average Bonchev–Trinajstić information content (AvgIpc) is 3.14. The van der Waals surface area contributed by atoms with E-state index in [-0.39, 0.29) is 11.8 Å². The van der Waals surface area contributed by atoms with Crippen molar-refractivity contribution < 1.29 is 9.59 Å². The van der Waals surface area contributed by atoms with Crippen molar-refractivity contribution in [3.63, 3.8) is 0 Å². The van der Waals surface area contributed by atoms with Gasteiger partial charge in [0.1, 0.15) is 5.15 Å². The second kappa shape index (κ2) is 9.76. The van der Waals surface area contributed by atoms with E-state index in [0.717, 1.165) is 30.6 Å². The van der Waals surface area contributed by atoms with Gasteiger partial charge in [-0.05, 0) is 31.8 Å². The van der Waals surface area contributed by atoms with Gasteiger partial charge in [0.15, 0.2) is 0 Å². The largest absolute Gasteiger partial charge is 0.353 e. The number of carbonyl (C=O) groups excluding carboxylic acids is 2. The van der Waals surface area contributed by atoms with E-state index in [4.69, 9.17) is 11.6 Å². The average molecular weight is 381 g/mol. The van der Waals surface area contributed by atoms with Crippen LogP contribution in [-0.4, -0.2) is 34.2 Å². The minimum Gasteiger partial charge on any atom is -0.353 e. The van der Waals surface area contributed by atoms with Crippen LogP contribution >= 0.6 is 11.6 Å². The van der Waals surface area contributed by atoms with Crippen molar-refractivity contribution in [1.82, 2.24) is 20.4 Å². The number of nitrogens with one attached hydrogen (secondary N) is 2. The molecule has 2 N–H and O–H groups in total. The Kier molecular flexibility index (Phi) is 7.69. The first-order valence-electron chi connectivity index (χ1n) is 9.35. The number of nitrogens with zero attached hydrogens (tertiary/aromatic N) is 2. The molecule has 0 bridgehead atoms. The fourth-order valence-corrected chi connectivity index (χ4v) is 3.42. The molecule has 7 heteroatoms. The van der Waals surface area contributed by atoms with Crippen molar-refractivity contribution in [2.24, 2.45) is 5.92 Å². The first-order chi connectivity index (χ1) is 12.4. The zero-order chi connectivity index (χ0) is 19.1. The molecule has 26 heavy (non-hydrogen) atoms. The van der Waals surface area contributed by atoms with Crippen molar-refractivity contribution in [2.75, 3.05) is 6.54 Å². The summed E-state index contributed by atoms with van der Waals surface area (Å²) in [5.41, 5.74) is 1.54. The molecule has 1 aliphatic carbocycles. The Labute approximate surface area is 160 Å². The molecular weight excluding hydrogens is 352 g/mol. The van der Waals surface area contributed by atoms with Gasteiger partial charge in [-0.1, -0.05) is 38.3 Å². The molecule has 144 valence electrons. The summed E-state index contributed by atoms with van der Waals surface area (Å²) in [6.45, 7) is 7.11. The van der Waals surface area contributed by atoms with Gasteiger partial charge in [0.2, 0.25) is 11.8 Å². The number of aromatic nitrogens is 2. The molecule has 1 saturated carbocycles. The summed E-state index contributed by atoms with van der Waals surface area (Å²) >= 11 is 6.35. The first-order valence-corrected chi connectivity index (χ1v) is 9.72. The van der Waals surface area contributed by atoms with Crippen LogP contribution < -0.4 is 10.6 Å². The van der Waals surface area contributed by atoms with E-state index in [2.05, 4.69) is 29.6 Å². The van der Waals surface area contributed by atoms with Gasteiger partial charge in [0.05, 0.1) is 5.69 Å². The monoisotopic (exact) mass is 380 g/mol. The third-order valence-electron chi connectivity index (χ3n) is 4.42. The lowest BCUT2D eigenvalue weighted by Crippen LogP contribution is -2.35. The smallest absolute Gasteiger partial charge is 0.244 e. The summed E-state index contributed by atoms with van der Waals surface area (Å²) in [4.78, 5) is 23.8. The Hall–Kier alpha value is -1.82. The van der Waals surface area contributed by atoms with Gasteiger partial charge in [-0.25, -0.2) is 0 Å². The van der Waals surface area contributed by atoms with E-state index < -0.39 is 0 Å². The summed E-state index contributed by atoms with van der Waals surface area (Å²) in [7, 11) is 0. The highest BCUT2D eigenvalue weighted by Gasteiger charge is 2.16. The van der Waals surface area contributed by atoms with Gasteiger partial charge in [-0.15, -0.1) is 0 Å². The van der Waals surface area contributed by atoms with Gasteiger partial charge < -0.3 is 10.6 Å². The number of amides is 2. The minimum absolute atomic E-state index is 0.00460. The molecule has 0 unspecified atom stereocenters. The van der Waals surface area contributed by atoms with Crippen LogP contribution in [0.2, 0.25) is 5.15 Å². The number of carbonyl (C=O) groups is 2. The maximum atomic E-state index is 11.9. The highest BCUT2D eigenvalue weighted by atomic mass is 35.5. The maximum Gasteiger partial charge on any atom is 0.244 e. The van der Waals surface area contributed by atoms with Crippen molar-refractivity contribution >= 4 is 29.5 Å². The highest BCUT2D eigenvalue weighted by molar-refractivity contribution is 6.31. The molecule has 2 amide bonds. The lowest BCUT2D eigenvalue weighted by atomic mass is 10.2. The van der Waals surface area contributed by atoms with Crippen LogP contribution in [0.5, 0.6) is 0 Å². The molecular formula is C19H29ClN4O2. The second-order valence-corrected chi connectivity index (χ2v) is 7.65. The molecule has 0 saturated heterocycles. The van der Waals surface area contributed by atoms with Crippen LogP contribution in [0.4, 0.5) is 0 Å². The fraction of sp³-hybridized carbons (Fsp3) is 0.632. The van der Waals surface area contributed by atoms with Crippen molar-refractivity contribution in [3.8, 4) is 0 Å². The third kappa shape index (κ3) is 6.16. The van der Waals surface area contributed by atoms with Crippen LogP contribution in [0.1, 0.15) is 57.2 Å². The molecule has 0 radical (unpaired) electrons. The Bertz CT molecular complexity index is 661. The predicted octanol–water partition coefficient (Wildman–Crippen LogP) is 3.08. The molecule has 1 heterocycles. The molecule has 0 aliphatic heterocycles. The Morgan fingerprint density at radius 2 is 2.04 bits per heavy atom. The molecule has 2 rings (SSSR count). The highest BCUT2D eigenvalue weighted by Crippen LogP contribution is 2.22. The summed E-state index contributed by atoms with van der Waals surface area (Å²) in [5, 5.41) is 10.7. The van der Waals surface area contributed by atoms with Crippen molar-refractivity contribution in [3.05, 3.63) is 22.5 Å². The lowest BCUT2D eigenvalue weighted by Gasteiger charge is -2.11. The zero-order valence-electron chi connectivity index (χ0n) is 15.8. The quantitative estimate of drug-likeness (QED) is 0.680. The minimum atomic E-state index is -0.245. The summed E-state index contributed by atoms with van der Waals surface area (Å²) in [6.07, 6.45) is 7.89. The van der Waals surface area contributed by atoms with Gasteiger partial charge >= 0.3 is 0 Å². The molecule has 1 aromatic rings. The molecule has 1 aliphatic rings. The van der Waals surface area contributed by atoms with E-state index in [9.17, 15) is 9.59 Å². The first kappa shape index (κ1) is 20.5. The summed E-state index contributed by atoms with van der Waals surface area (Å²) < 4.78 is 1.76. The van der Waals surface area contributed by atoms with E-state index in [1.165, 1.54) is 18.9 Å². The van der Waals surface area contributed by atoms with Crippen LogP contribution in [0.15, 0.2) is 6.08 Å². The standard InChI is InChI=1S/C19H29ClN4O2/c1-13(2)12-24-19(20)16(14(3)23-24)8-9-17(25)21-11-10-18(26)22-15-6-4-5-7-15/h8-9,13,15H,4-7,10-12H2,1-3H3,(H,21,25)(H,22,26)/b9-8+. The summed E-state index contributed by atoms with van der Waals surface area (Å²) in [5.74, 6) is 0.183. The van der Waals surface area contributed by atoms with Gasteiger partial charge in [-0.2, -0.15) is 5.10 Å². The van der Waals surface area contributed by atoms with Crippen LogP contribution in [0, 0.1) is 12.8 Å². The molecule has 0 aromatic carbocycles. The predicted molar refractivity (Wildman–Crippen MR) is 104 cm³/mol. The van der Waals surface area contributed by atoms with E-state index in [0.29, 0.717) is 30.1 Å². The topological polar surface area (TPSA) is 76.0 Å². The van der Waals surface area contributed by atoms with Crippen molar-refractivity contribution in [2.45, 2.75) is 65.5 Å². The molecule has 0 spiro atoms. The zero-order valence-corrected chi connectivity index (χ0v) is 16.6. The SMILES string of the molecule is Cc1nn(CC(C)C)c(Cl)c1/C=C/C(=O)NCCC(=O)NC1CCCC1. The van der Waals surface area contributed by atoms with E-state index in [1.807, 2.05) is 6.92 Å². The number of hydrogen-bond acceptors (Lipinski definition) is 3. The number of rotatable bonds is 8. The van der Waals surface area contributed by atoms with Gasteiger partial charge in [-0.3, -0.25) is 14.3 Å². The Morgan fingerprint density at radius 3 is 2.69 bits per heavy atom. The lowest BCUT2D eigenvalue weighted by molar-refractivity contribution is -0.121. The van der Waals surface area contributed by atoms with Crippen LogP contribution in [0.25, 0.3) is 6.08 Å². The normalized spacial score (nSPS) is 15.1. The van der Waals surface area contributed by atoms with Crippen molar-refractivity contribution in [1.29, 1.82) is 0 Å².